The summed E-state index contributed by atoms with van der Waals surface area (Å²) in [5.41, 5.74) is 4.01. The van der Waals surface area contributed by atoms with Crippen molar-refractivity contribution >= 4 is 33.9 Å². The number of nitriles is 2. The molecule has 10 heteroatoms. The summed E-state index contributed by atoms with van der Waals surface area (Å²) in [6, 6.07) is 22.7. The molecule has 0 radical (unpaired) electrons. The maximum Gasteiger partial charge on any atom is 0.109 e. The van der Waals surface area contributed by atoms with E-state index in [0.717, 1.165) is 18.4 Å². The molecule has 1 aliphatic carbocycles. The third-order valence-electron chi connectivity index (χ3n) is 7.22. The van der Waals surface area contributed by atoms with Crippen LogP contribution in [0.5, 0.6) is 0 Å². The van der Waals surface area contributed by atoms with Gasteiger partial charge in [0.25, 0.3) is 0 Å². The van der Waals surface area contributed by atoms with Crippen LogP contribution in [0.25, 0.3) is 10.9 Å². The lowest BCUT2D eigenvalue weighted by molar-refractivity contribution is 0.280. The molecule has 208 valence electrons. The number of aliphatic hydroxyl groups excluding tert-OH is 1. The molecule has 3 aromatic carbocycles. The van der Waals surface area contributed by atoms with Crippen LogP contribution in [0.3, 0.4) is 0 Å². The van der Waals surface area contributed by atoms with Crippen LogP contribution < -0.4 is 10.6 Å². The third kappa shape index (κ3) is 5.61. The van der Waals surface area contributed by atoms with E-state index in [0.29, 0.717) is 56.1 Å². The number of benzene rings is 3. The molecule has 9 nitrogen and oxygen atoms in total. The minimum absolute atomic E-state index is 0.0598. The van der Waals surface area contributed by atoms with Crippen molar-refractivity contribution in [2.45, 2.75) is 37.4 Å². The van der Waals surface area contributed by atoms with Crippen molar-refractivity contribution in [3.63, 3.8) is 0 Å². The van der Waals surface area contributed by atoms with E-state index < -0.39 is 6.02 Å². The van der Waals surface area contributed by atoms with Crippen LogP contribution in [0, 0.1) is 22.7 Å². The Labute approximate surface area is 249 Å². The molecule has 2 atom stereocenters. The zero-order valence-corrected chi connectivity index (χ0v) is 23.3. The second-order valence-electron chi connectivity index (χ2n) is 10.1. The molecular formula is C32H27ClN8O. The molecule has 3 N–H and O–H groups in total. The number of nitrogens with zero attached hydrogens (tertiary/aromatic N) is 6. The van der Waals surface area contributed by atoms with Crippen LogP contribution in [0.2, 0.25) is 5.02 Å². The molecule has 1 saturated carbocycles. The van der Waals surface area contributed by atoms with Gasteiger partial charge in [-0.2, -0.15) is 10.5 Å². The van der Waals surface area contributed by atoms with Crippen molar-refractivity contribution in [2.75, 3.05) is 17.2 Å². The zero-order chi connectivity index (χ0) is 30.0. The van der Waals surface area contributed by atoms with Gasteiger partial charge in [0, 0.05) is 23.9 Å². The summed E-state index contributed by atoms with van der Waals surface area (Å²) < 4.78 is 11.5. The van der Waals surface area contributed by atoms with Crippen LogP contribution in [0.1, 0.15) is 66.7 Å². The summed E-state index contributed by atoms with van der Waals surface area (Å²) >= 11 is 6.78. The van der Waals surface area contributed by atoms with Gasteiger partial charge in [-0.15, -0.1) is 5.10 Å². The van der Waals surface area contributed by atoms with Gasteiger partial charge in [-0.1, -0.05) is 59.3 Å². The van der Waals surface area contributed by atoms with Crippen molar-refractivity contribution < 1.29 is 6.48 Å². The highest BCUT2D eigenvalue weighted by Gasteiger charge is 2.27. The van der Waals surface area contributed by atoms with Crippen LogP contribution in [0.4, 0.5) is 11.4 Å². The van der Waals surface area contributed by atoms with Crippen LogP contribution in [-0.2, 0) is 0 Å². The molecule has 42 heavy (non-hydrogen) atoms. The SMILES string of the molecule is [2H][C@@](Nc1cc(Cl)c2ncc(C#N)c(N[C@H](CCO)c3ccccc3)c2c1)(c1cccc(C#N)c1)c1cn(C2CC2)nn1. The first-order valence-electron chi connectivity index (χ1n) is 14.1. The smallest absolute Gasteiger partial charge is 0.109 e. The molecule has 0 saturated heterocycles. The molecule has 1 aliphatic rings. The minimum Gasteiger partial charge on any atom is -0.396 e. The maximum atomic E-state index is 10.0. The number of halogens is 1. The van der Waals surface area contributed by atoms with E-state index in [-0.39, 0.29) is 18.7 Å². The van der Waals surface area contributed by atoms with Gasteiger partial charge in [0.2, 0.25) is 0 Å². The largest absolute Gasteiger partial charge is 0.396 e. The average molecular weight is 576 g/mol. The lowest BCUT2D eigenvalue weighted by Gasteiger charge is -2.23. The van der Waals surface area contributed by atoms with Gasteiger partial charge in [-0.05, 0) is 54.7 Å². The standard InChI is InChI=1S/C32H27ClN8O/c33-27-15-24(37-31(22-8-4-5-20(13-22)16-34)29-19-41(40-39-29)25-9-10-25)14-26-30(23(17-35)18-36-32(26)27)38-28(11-12-42)21-6-2-1-3-7-21/h1-8,13-15,18-19,25,28,31,37,42H,9-12H2,(H,36,38)/t28-,31-/m1/s1/i31D. The van der Waals surface area contributed by atoms with Crippen molar-refractivity contribution in [3.8, 4) is 12.1 Å². The Morgan fingerprint density at radius 2 is 1.86 bits per heavy atom. The predicted molar refractivity (Wildman–Crippen MR) is 161 cm³/mol. The van der Waals surface area contributed by atoms with Crippen molar-refractivity contribution in [3.05, 3.63) is 112 Å². The number of aliphatic hydroxyl groups is 1. The van der Waals surface area contributed by atoms with Gasteiger partial charge in [-0.3, -0.25) is 4.98 Å². The number of rotatable bonds is 10. The molecule has 0 aliphatic heterocycles. The monoisotopic (exact) mass is 575 g/mol. The Hall–Kier alpha value is -4.96. The van der Waals surface area contributed by atoms with Crippen LogP contribution in [0.15, 0.2) is 79.1 Å². The maximum absolute atomic E-state index is 10.0. The second-order valence-corrected chi connectivity index (χ2v) is 10.5. The van der Waals surface area contributed by atoms with Gasteiger partial charge in [0.1, 0.15) is 11.8 Å². The fourth-order valence-corrected chi connectivity index (χ4v) is 5.23. The highest BCUT2D eigenvalue weighted by atomic mass is 35.5. The fourth-order valence-electron chi connectivity index (χ4n) is 4.96. The van der Waals surface area contributed by atoms with E-state index in [4.69, 9.17) is 11.6 Å². The van der Waals surface area contributed by atoms with Gasteiger partial charge in [0.05, 0.1) is 59.1 Å². The second kappa shape index (κ2) is 11.9. The van der Waals surface area contributed by atoms with Crippen LogP contribution in [-0.4, -0.2) is 31.7 Å². The van der Waals surface area contributed by atoms with E-state index in [2.05, 4.69) is 38.1 Å². The summed E-state index contributed by atoms with van der Waals surface area (Å²) in [4.78, 5) is 4.46. The zero-order valence-electron chi connectivity index (χ0n) is 23.5. The molecule has 2 heterocycles. The number of hydrogen-bond donors (Lipinski definition) is 3. The lowest BCUT2D eigenvalue weighted by atomic mass is 10.0. The number of nitrogens with one attached hydrogen (secondary N) is 2. The summed E-state index contributed by atoms with van der Waals surface area (Å²) in [6.07, 6.45) is 5.67. The highest BCUT2D eigenvalue weighted by molar-refractivity contribution is 6.35. The molecule has 0 bridgehead atoms. The Morgan fingerprint density at radius 1 is 1.05 bits per heavy atom. The Morgan fingerprint density at radius 3 is 2.60 bits per heavy atom. The van der Waals surface area contributed by atoms with Gasteiger partial charge in [0.15, 0.2) is 0 Å². The molecule has 0 amide bonds. The first kappa shape index (κ1) is 26.0. The van der Waals surface area contributed by atoms with Gasteiger partial charge < -0.3 is 15.7 Å². The number of pyridine rings is 1. The summed E-state index contributed by atoms with van der Waals surface area (Å²) in [6.45, 7) is -0.0598. The topological polar surface area (TPSA) is 135 Å². The normalized spacial score (nSPS) is 15.2. The Kier molecular flexibility index (Phi) is 7.34. The molecule has 5 aromatic rings. The minimum atomic E-state index is -1.63. The lowest BCUT2D eigenvalue weighted by Crippen LogP contribution is -2.15. The van der Waals surface area contributed by atoms with Crippen molar-refractivity contribution in [1.82, 2.24) is 20.0 Å². The molecule has 2 aromatic heterocycles. The number of hydrogen-bond acceptors (Lipinski definition) is 8. The van der Waals surface area contributed by atoms with E-state index in [1.165, 1.54) is 6.20 Å². The first-order valence-corrected chi connectivity index (χ1v) is 14.0. The van der Waals surface area contributed by atoms with Crippen LogP contribution >= 0.6 is 11.6 Å². The molecule has 6 rings (SSSR count). The molecule has 0 unspecified atom stereocenters. The fraction of sp³-hybridized carbons (Fsp3) is 0.219. The average Bonchev–Trinajstić information content (AvgIpc) is 3.76. The van der Waals surface area contributed by atoms with E-state index >= 15 is 0 Å². The Bertz CT molecular complexity index is 1880. The van der Waals surface area contributed by atoms with Gasteiger partial charge >= 0.3 is 0 Å². The van der Waals surface area contributed by atoms with E-state index in [9.17, 15) is 17.0 Å². The summed E-state index contributed by atoms with van der Waals surface area (Å²) in [5.74, 6) is 0. The number of fused-ring (bicyclic) bond motifs is 1. The number of anilines is 2. The van der Waals surface area contributed by atoms with Crippen molar-refractivity contribution in [2.24, 2.45) is 0 Å². The highest BCUT2D eigenvalue weighted by Crippen LogP contribution is 2.38. The first-order chi connectivity index (χ1) is 20.9. The number of aromatic nitrogens is 4. The van der Waals surface area contributed by atoms with E-state index in [1.54, 1.807) is 47.3 Å². The molecular weight excluding hydrogens is 548 g/mol. The Balaban J connectivity index is 1.47. The quantitative estimate of drug-likeness (QED) is 0.177. The van der Waals surface area contributed by atoms with E-state index in [1.807, 2.05) is 30.3 Å². The molecule has 0 spiro atoms. The molecule has 1 fully saturated rings. The predicted octanol–water partition coefficient (Wildman–Crippen LogP) is 6.30. The van der Waals surface area contributed by atoms with Gasteiger partial charge in [-0.25, -0.2) is 4.68 Å². The van der Waals surface area contributed by atoms with Crippen molar-refractivity contribution in [1.29, 1.82) is 10.5 Å². The summed E-state index contributed by atoms with van der Waals surface area (Å²) in [5, 5.41) is 45.7. The summed E-state index contributed by atoms with van der Waals surface area (Å²) in [7, 11) is 0. The third-order valence-corrected chi connectivity index (χ3v) is 7.51.